The number of carbonyl (C=O) groups is 2. The van der Waals surface area contributed by atoms with Crippen LogP contribution in [0, 0.1) is 13.8 Å². The van der Waals surface area contributed by atoms with Crippen LogP contribution in [0.2, 0.25) is 0 Å². The number of aromatic nitrogens is 3. The van der Waals surface area contributed by atoms with Gasteiger partial charge in [0.05, 0.1) is 30.7 Å². The molecule has 7 nitrogen and oxygen atoms in total. The van der Waals surface area contributed by atoms with E-state index in [1.165, 1.54) is 18.9 Å². The zero-order chi connectivity index (χ0) is 21.1. The number of Topliss-reactive ketones (excluding diaryl/α,β-unsaturated/α-hetero) is 1. The first-order valence-electron chi connectivity index (χ1n) is 9.03. The molecular formula is C21H23N3O4S. The second-order valence-electron chi connectivity index (χ2n) is 6.52. The Labute approximate surface area is 173 Å². The third-order valence-electron chi connectivity index (χ3n) is 4.68. The lowest BCUT2D eigenvalue weighted by Crippen LogP contribution is -2.16. The zero-order valence-corrected chi connectivity index (χ0v) is 17.8. The average molecular weight is 413 g/mol. The topological polar surface area (TPSA) is 86.2 Å². The molecule has 0 aliphatic rings. The first-order valence-corrected chi connectivity index (χ1v) is 9.91. The molecule has 0 amide bonds. The van der Waals surface area contributed by atoms with Crippen molar-refractivity contribution in [3.05, 3.63) is 59.2 Å². The third-order valence-corrected chi connectivity index (χ3v) is 5.76. The highest BCUT2D eigenvalue weighted by Crippen LogP contribution is 2.29. The number of methoxy groups -OCH3 is 2. The molecule has 1 N–H and O–H groups in total. The fourth-order valence-electron chi connectivity index (χ4n) is 3.14. The number of aryl methyl sites for hydroxylation is 1. The highest BCUT2D eigenvalue weighted by atomic mass is 32.2. The smallest absolute Gasteiger partial charge is 0.339 e. The Balaban J connectivity index is 1.83. The summed E-state index contributed by atoms with van der Waals surface area (Å²) in [5.41, 5.74) is 2.98. The minimum absolute atomic E-state index is 0.102. The van der Waals surface area contributed by atoms with Gasteiger partial charge in [0, 0.05) is 23.8 Å². The van der Waals surface area contributed by atoms with Crippen LogP contribution in [-0.4, -0.2) is 45.8 Å². The quantitative estimate of drug-likeness (QED) is 0.358. The van der Waals surface area contributed by atoms with E-state index < -0.39 is 11.2 Å². The van der Waals surface area contributed by atoms with Crippen molar-refractivity contribution >= 4 is 23.5 Å². The fraction of sp³-hybridized carbons (Fsp3) is 0.286. The van der Waals surface area contributed by atoms with E-state index in [9.17, 15) is 9.59 Å². The Kier molecular flexibility index (Phi) is 6.12. The molecular weight excluding hydrogens is 390 g/mol. The number of benzene rings is 1. The molecule has 1 unspecified atom stereocenters. The summed E-state index contributed by atoms with van der Waals surface area (Å²) in [6.45, 7) is 5.33. The fourth-order valence-corrected chi connectivity index (χ4v) is 4.08. The molecule has 0 saturated heterocycles. The monoisotopic (exact) mass is 413 g/mol. The lowest BCUT2D eigenvalue weighted by Gasteiger charge is -2.12. The molecule has 8 heteroatoms. The molecule has 3 aromatic rings. The molecule has 0 saturated carbocycles. The maximum atomic E-state index is 13.0. The summed E-state index contributed by atoms with van der Waals surface area (Å²) in [5.74, 6) is 0.214. The lowest BCUT2D eigenvalue weighted by atomic mass is 10.1. The van der Waals surface area contributed by atoms with Gasteiger partial charge < -0.3 is 14.5 Å². The number of ketones is 1. The Bertz CT molecular complexity index is 1040. The van der Waals surface area contributed by atoms with E-state index in [4.69, 9.17) is 9.47 Å². The standard InChI is InChI=1S/C21H23N3O4S/c1-12-17(20(26)28-5)13(2)23-18(12)19(25)14(3)29-21-22-10-11-24(21)15-6-8-16(27-4)9-7-15/h6-11,14,23H,1-5H3. The first kappa shape index (κ1) is 20.7. The van der Waals surface area contributed by atoms with Gasteiger partial charge in [0.2, 0.25) is 0 Å². The summed E-state index contributed by atoms with van der Waals surface area (Å²) < 4.78 is 11.9. The number of imidazole rings is 1. The number of hydrogen-bond donors (Lipinski definition) is 1. The number of thioether (sulfide) groups is 1. The van der Waals surface area contributed by atoms with Crippen LogP contribution < -0.4 is 4.74 Å². The summed E-state index contributed by atoms with van der Waals surface area (Å²) in [6.07, 6.45) is 3.55. The van der Waals surface area contributed by atoms with E-state index in [2.05, 4.69) is 9.97 Å². The molecule has 2 aromatic heterocycles. The van der Waals surface area contributed by atoms with Crippen LogP contribution in [0.25, 0.3) is 5.69 Å². The predicted molar refractivity (Wildman–Crippen MR) is 111 cm³/mol. The van der Waals surface area contributed by atoms with Crippen LogP contribution in [0.4, 0.5) is 0 Å². The van der Waals surface area contributed by atoms with Gasteiger partial charge in [0.1, 0.15) is 5.75 Å². The van der Waals surface area contributed by atoms with Crippen molar-refractivity contribution in [1.82, 2.24) is 14.5 Å². The molecule has 0 bridgehead atoms. The van der Waals surface area contributed by atoms with Gasteiger partial charge in [-0.2, -0.15) is 0 Å². The van der Waals surface area contributed by atoms with E-state index in [1.54, 1.807) is 27.2 Å². The number of esters is 1. The Morgan fingerprint density at radius 2 is 1.86 bits per heavy atom. The molecule has 29 heavy (non-hydrogen) atoms. The number of hydrogen-bond acceptors (Lipinski definition) is 6. The van der Waals surface area contributed by atoms with Crippen LogP contribution in [0.5, 0.6) is 5.75 Å². The minimum atomic E-state index is -0.453. The summed E-state index contributed by atoms with van der Waals surface area (Å²) in [5, 5.41) is 0.293. The van der Waals surface area contributed by atoms with E-state index in [-0.39, 0.29) is 5.78 Å². The minimum Gasteiger partial charge on any atom is -0.497 e. The van der Waals surface area contributed by atoms with Gasteiger partial charge in [-0.25, -0.2) is 9.78 Å². The number of nitrogens with zero attached hydrogens (tertiary/aromatic N) is 2. The van der Waals surface area contributed by atoms with Crippen molar-refractivity contribution in [2.24, 2.45) is 0 Å². The lowest BCUT2D eigenvalue weighted by molar-refractivity contribution is 0.0599. The number of aromatic amines is 1. The van der Waals surface area contributed by atoms with Crippen LogP contribution in [0.15, 0.2) is 41.8 Å². The summed E-state index contributed by atoms with van der Waals surface area (Å²) in [4.78, 5) is 32.5. The highest BCUT2D eigenvalue weighted by Gasteiger charge is 2.26. The number of ether oxygens (including phenoxy) is 2. The number of carbonyl (C=O) groups excluding carboxylic acids is 2. The second-order valence-corrected chi connectivity index (χ2v) is 7.83. The number of H-pyrrole nitrogens is 1. The first-order chi connectivity index (χ1) is 13.9. The molecule has 0 spiro atoms. The van der Waals surface area contributed by atoms with Gasteiger partial charge >= 0.3 is 5.97 Å². The van der Waals surface area contributed by atoms with E-state index in [1.807, 2.05) is 42.0 Å². The zero-order valence-electron chi connectivity index (χ0n) is 17.0. The SMILES string of the molecule is COC(=O)c1c(C)[nH]c(C(=O)C(C)Sc2nccn2-c2ccc(OC)cc2)c1C. The van der Waals surface area contributed by atoms with Crippen LogP contribution in [0.3, 0.4) is 0 Å². The predicted octanol–water partition coefficient (Wildman–Crippen LogP) is 3.98. The Morgan fingerprint density at radius 1 is 1.17 bits per heavy atom. The number of nitrogens with one attached hydrogen (secondary N) is 1. The van der Waals surface area contributed by atoms with Gasteiger partial charge in [0.15, 0.2) is 10.9 Å². The maximum absolute atomic E-state index is 13.0. The van der Waals surface area contributed by atoms with Gasteiger partial charge in [-0.3, -0.25) is 9.36 Å². The van der Waals surface area contributed by atoms with Gasteiger partial charge in [-0.15, -0.1) is 0 Å². The Morgan fingerprint density at radius 3 is 2.48 bits per heavy atom. The van der Waals surface area contributed by atoms with E-state index in [0.717, 1.165) is 11.4 Å². The molecule has 3 rings (SSSR count). The Hall–Kier alpha value is -3.00. The van der Waals surface area contributed by atoms with E-state index in [0.29, 0.717) is 27.7 Å². The molecule has 1 atom stereocenters. The van der Waals surface area contributed by atoms with E-state index >= 15 is 0 Å². The van der Waals surface area contributed by atoms with Gasteiger partial charge in [0.25, 0.3) is 0 Å². The highest BCUT2D eigenvalue weighted by molar-refractivity contribution is 8.00. The molecule has 2 heterocycles. The average Bonchev–Trinajstić information content (AvgIpc) is 3.30. The van der Waals surface area contributed by atoms with Crippen molar-refractivity contribution < 1.29 is 19.1 Å². The largest absolute Gasteiger partial charge is 0.497 e. The van der Waals surface area contributed by atoms with Crippen LogP contribution in [0.1, 0.15) is 39.0 Å². The summed E-state index contributed by atoms with van der Waals surface area (Å²) >= 11 is 1.36. The third kappa shape index (κ3) is 4.07. The van der Waals surface area contributed by atoms with Gasteiger partial charge in [-0.1, -0.05) is 11.8 Å². The van der Waals surface area contributed by atoms with Crippen molar-refractivity contribution in [2.75, 3.05) is 14.2 Å². The molecule has 0 aliphatic carbocycles. The van der Waals surface area contributed by atoms with Crippen molar-refractivity contribution in [3.63, 3.8) is 0 Å². The van der Waals surface area contributed by atoms with Crippen molar-refractivity contribution in [3.8, 4) is 11.4 Å². The molecule has 1 aromatic carbocycles. The van der Waals surface area contributed by atoms with Crippen LogP contribution in [-0.2, 0) is 4.74 Å². The normalized spacial score (nSPS) is 11.9. The molecule has 0 radical (unpaired) electrons. The maximum Gasteiger partial charge on any atom is 0.339 e. The van der Waals surface area contributed by atoms with Crippen molar-refractivity contribution in [2.45, 2.75) is 31.2 Å². The molecule has 152 valence electrons. The second kappa shape index (κ2) is 8.57. The van der Waals surface area contributed by atoms with Crippen LogP contribution >= 0.6 is 11.8 Å². The molecule has 0 aliphatic heterocycles. The van der Waals surface area contributed by atoms with Crippen molar-refractivity contribution in [1.29, 1.82) is 0 Å². The van der Waals surface area contributed by atoms with Gasteiger partial charge in [-0.05, 0) is 50.6 Å². The summed E-state index contributed by atoms with van der Waals surface area (Å²) in [6, 6.07) is 7.60. The summed E-state index contributed by atoms with van der Waals surface area (Å²) in [7, 11) is 2.95. The number of rotatable bonds is 7. The molecule has 0 fully saturated rings.